The van der Waals surface area contributed by atoms with Gasteiger partial charge in [-0.2, -0.15) is 26.3 Å². The van der Waals surface area contributed by atoms with Crippen LogP contribution >= 0.6 is 0 Å². The molecule has 0 bridgehead atoms. The minimum atomic E-state index is -6.09. The zero-order valence-electron chi connectivity index (χ0n) is 18.6. The largest absolute Gasteiger partial charge is 0.741 e. The van der Waals surface area contributed by atoms with E-state index in [0.29, 0.717) is 0 Å². The third-order valence-corrected chi connectivity index (χ3v) is 4.48. The number of alkyl halides is 6. The summed E-state index contributed by atoms with van der Waals surface area (Å²) in [5, 5.41) is 0. The fourth-order valence-corrected chi connectivity index (χ4v) is 1.66. The summed E-state index contributed by atoms with van der Waals surface area (Å²) in [5.74, 6) is 0. The van der Waals surface area contributed by atoms with Gasteiger partial charge in [0.15, 0.2) is 20.2 Å². The molecule has 0 saturated carbocycles. The van der Waals surface area contributed by atoms with Crippen LogP contribution in [0.25, 0.3) is 0 Å². The highest BCUT2D eigenvalue weighted by Crippen LogP contribution is 2.21. The van der Waals surface area contributed by atoms with Gasteiger partial charge in [0.05, 0.1) is 27.2 Å². The first-order valence-corrected chi connectivity index (χ1v) is 12.0. The number of imidazole rings is 2. The van der Waals surface area contributed by atoms with E-state index in [9.17, 15) is 26.3 Å². The van der Waals surface area contributed by atoms with Crippen LogP contribution < -0.4 is 9.13 Å². The van der Waals surface area contributed by atoms with Crippen LogP contribution in [0.3, 0.4) is 0 Å². The third kappa shape index (κ3) is 15.6. The minimum absolute atomic E-state index is 1.06. The molecule has 2 aromatic rings. The van der Waals surface area contributed by atoms with Crippen molar-refractivity contribution in [3.8, 4) is 0 Å². The van der Waals surface area contributed by atoms with Gasteiger partial charge >= 0.3 is 11.0 Å². The molecule has 2 aromatic heterocycles. The van der Waals surface area contributed by atoms with Gasteiger partial charge in [-0.15, -0.1) is 0 Å². The average molecular weight is 549 g/mol. The topological polar surface area (TPSA) is 132 Å². The van der Waals surface area contributed by atoms with Gasteiger partial charge < -0.3 is 9.11 Å². The van der Waals surface area contributed by atoms with Crippen LogP contribution in [0.5, 0.6) is 0 Å². The van der Waals surface area contributed by atoms with Crippen molar-refractivity contribution in [1.82, 2.24) is 9.13 Å². The fraction of sp³-hybridized carbons (Fsp3) is 0.625. The maximum absolute atomic E-state index is 10.7. The normalized spacial score (nSPS) is 11.9. The van der Waals surface area contributed by atoms with Crippen molar-refractivity contribution < 1.29 is 61.4 Å². The van der Waals surface area contributed by atoms with E-state index in [-0.39, 0.29) is 0 Å². The van der Waals surface area contributed by atoms with E-state index in [1.807, 2.05) is 24.9 Å². The maximum Gasteiger partial charge on any atom is 0.485 e. The molecular weight excluding hydrogens is 522 g/mol. The van der Waals surface area contributed by atoms with Crippen molar-refractivity contribution in [3.63, 3.8) is 0 Å². The highest BCUT2D eigenvalue weighted by molar-refractivity contribution is 7.86. The SMILES string of the molecule is CCCC[n+]1ccn(C)c1.CC[n+]1ccn(C)c1.O=S(=O)([O-])C(F)(F)F.O=S(=O)([O-])C(F)(F)F. The van der Waals surface area contributed by atoms with E-state index in [4.69, 9.17) is 25.9 Å². The molecule has 0 N–H and O–H groups in total. The van der Waals surface area contributed by atoms with Gasteiger partial charge in [0.2, 0.25) is 12.7 Å². The average Bonchev–Trinajstić information content (AvgIpc) is 3.26. The van der Waals surface area contributed by atoms with Crippen LogP contribution in [0, 0.1) is 0 Å². The number of nitrogens with zero attached hydrogens (tertiary/aromatic N) is 4. The number of rotatable bonds is 4. The summed E-state index contributed by atoms with van der Waals surface area (Å²) < 4.78 is 126. The molecule has 0 amide bonds. The first-order valence-electron chi connectivity index (χ1n) is 9.22. The minimum Gasteiger partial charge on any atom is -0.741 e. The third-order valence-electron chi connectivity index (χ3n) is 3.35. The molecule has 200 valence electrons. The fourth-order valence-electron chi connectivity index (χ4n) is 1.66. The second kappa shape index (κ2) is 14.3. The highest BCUT2D eigenvalue weighted by Gasteiger charge is 2.37. The van der Waals surface area contributed by atoms with Crippen molar-refractivity contribution in [2.45, 2.75) is 50.8 Å². The smallest absolute Gasteiger partial charge is 0.485 e. The molecule has 0 aliphatic carbocycles. The Hall–Kier alpha value is -2.18. The molecule has 0 saturated heterocycles. The molecule has 0 aliphatic rings. The molecule has 0 unspecified atom stereocenters. The van der Waals surface area contributed by atoms with Gasteiger partial charge in [-0.25, -0.2) is 35.1 Å². The summed E-state index contributed by atoms with van der Waals surface area (Å²) in [7, 11) is -8.12. The number of hydrogen-bond donors (Lipinski definition) is 0. The Kier molecular flexibility index (Phi) is 14.3. The lowest BCUT2D eigenvalue weighted by molar-refractivity contribution is -0.696. The van der Waals surface area contributed by atoms with Gasteiger partial charge in [-0.05, 0) is 13.3 Å². The van der Waals surface area contributed by atoms with E-state index in [1.54, 1.807) is 0 Å². The highest BCUT2D eigenvalue weighted by atomic mass is 32.2. The predicted molar refractivity (Wildman–Crippen MR) is 103 cm³/mol. The van der Waals surface area contributed by atoms with Crippen LogP contribution in [0.1, 0.15) is 26.7 Å². The monoisotopic (exact) mass is 548 g/mol. The second-order valence-electron chi connectivity index (χ2n) is 6.38. The second-order valence-corrected chi connectivity index (χ2v) is 9.12. The van der Waals surface area contributed by atoms with Crippen LogP contribution in [0.15, 0.2) is 37.4 Å². The first kappa shape index (κ1) is 34.0. The van der Waals surface area contributed by atoms with Crippen molar-refractivity contribution in [1.29, 1.82) is 0 Å². The summed E-state index contributed by atoms with van der Waals surface area (Å²) in [6.45, 7) is 6.54. The van der Waals surface area contributed by atoms with Crippen molar-refractivity contribution >= 4 is 20.2 Å². The standard InChI is InChI=1S/C8H15N2.C6H11N2.2CHF3O3S/c1-3-4-5-10-7-6-9(2)8-10;1-3-8-5-4-7(2)6-8;2*2-1(3,4)8(5,6)7/h6-8H,3-5H2,1-2H3;4-6H,3H2,1-2H3;2*(H,5,6,7)/q2*+1;;/p-2. The lowest BCUT2D eigenvalue weighted by Gasteiger charge is -2.08. The Labute approximate surface area is 193 Å². The molecule has 2 heterocycles. The van der Waals surface area contributed by atoms with Gasteiger partial charge in [0.1, 0.15) is 24.8 Å². The van der Waals surface area contributed by atoms with Crippen molar-refractivity contribution in [2.75, 3.05) is 0 Å². The molecule has 0 spiro atoms. The van der Waals surface area contributed by atoms with E-state index in [1.165, 1.54) is 12.8 Å². The Morgan fingerprint density at radius 3 is 1.26 bits per heavy atom. The van der Waals surface area contributed by atoms with E-state index < -0.39 is 31.3 Å². The van der Waals surface area contributed by atoms with Crippen LogP contribution in [0.4, 0.5) is 26.3 Å². The van der Waals surface area contributed by atoms with Gasteiger partial charge in [0, 0.05) is 0 Å². The Morgan fingerprint density at radius 2 is 1.09 bits per heavy atom. The van der Waals surface area contributed by atoms with Crippen LogP contribution in [-0.4, -0.2) is 46.1 Å². The zero-order chi connectivity index (χ0) is 27.4. The number of halogens is 6. The molecule has 18 heteroatoms. The lowest BCUT2D eigenvalue weighted by atomic mass is 10.3. The summed E-state index contributed by atoms with van der Waals surface area (Å²) in [6, 6.07) is 0. The zero-order valence-corrected chi connectivity index (χ0v) is 20.2. The van der Waals surface area contributed by atoms with Crippen molar-refractivity contribution in [3.05, 3.63) is 37.4 Å². The molecule has 34 heavy (non-hydrogen) atoms. The molecular formula is C16H26F6N4O6S2. The summed E-state index contributed by atoms with van der Waals surface area (Å²) in [5.41, 5.74) is -11.3. The molecule has 0 aliphatic heterocycles. The van der Waals surface area contributed by atoms with E-state index >= 15 is 0 Å². The van der Waals surface area contributed by atoms with E-state index in [0.717, 1.165) is 13.1 Å². The quantitative estimate of drug-likeness (QED) is 0.247. The number of aromatic nitrogens is 4. The Morgan fingerprint density at radius 1 is 0.765 bits per heavy atom. The number of hydrogen-bond acceptors (Lipinski definition) is 6. The van der Waals surface area contributed by atoms with Gasteiger partial charge in [-0.3, -0.25) is 0 Å². The Balaban J connectivity index is 0. The Bertz CT molecular complexity index is 1000. The molecule has 0 atom stereocenters. The number of unbranched alkanes of at least 4 members (excludes halogenated alkanes) is 1. The van der Waals surface area contributed by atoms with Crippen LogP contribution in [0.2, 0.25) is 0 Å². The first-order chi connectivity index (χ1) is 15.2. The van der Waals surface area contributed by atoms with Crippen LogP contribution in [-0.2, 0) is 47.4 Å². The van der Waals surface area contributed by atoms with Crippen molar-refractivity contribution in [2.24, 2.45) is 14.1 Å². The summed E-state index contributed by atoms with van der Waals surface area (Å²) >= 11 is 0. The van der Waals surface area contributed by atoms with Gasteiger partial charge in [-0.1, -0.05) is 13.3 Å². The van der Waals surface area contributed by atoms with Gasteiger partial charge in [0.25, 0.3) is 0 Å². The molecule has 0 aromatic carbocycles. The summed E-state index contributed by atoms with van der Waals surface area (Å²) in [6.07, 6.45) is 15.0. The molecule has 2 rings (SSSR count). The predicted octanol–water partition coefficient (Wildman–Crippen LogP) is 1.55. The van der Waals surface area contributed by atoms with E-state index in [2.05, 4.69) is 58.8 Å². The molecule has 0 radical (unpaired) electrons. The maximum atomic E-state index is 10.7. The molecule has 10 nitrogen and oxygen atoms in total. The summed E-state index contributed by atoms with van der Waals surface area (Å²) in [4.78, 5) is 0. The lowest BCUT2D eigenvalue weighted by Crippen LogP contribution is -2.30. The number of aryl methyl sites for hydroxylation is 4. The molecule has 0 fully saturated rings.